The summed E-state index contributed by atoms with van der Waals surface area (Å²) < 4.78 is 0. The molecule has 0 aliphatic heterocycles. The molecule has 0 aromatic rings. The number of hydrogen-bond acceptors (Lipinski definition) is 1. The Kier molecular flexibility index (Phi) is 10.5. The van der Waals surface area contributed by atoms with E-state index in [-0.39, 0.29) is 0 Å². The van der Waals surface area contributed by atoms with Crippen molar-refractivity contribution in [1.29, 1.82) is 0 Å². The van der Waals surface area contributed by atoms with Crippen molar-refractivity contribution in [2.45, 2.75) is 109 Å². The van der Waals surface area contributed by atoms with Crippen LogP contribution in [0, 0.1) is 5.92 Å². The van der Waals surface area contributed by atoms with Gasteiger partial charge in [-0.05, 0) is 25.2 Å². The van der Waals surface area contributed by atoms with Gasteiger partial charge in [-0.25, -0.2) is 0 Å². The average molecular weight is 268 g/mol. The largest absolute Gasteiger partial charge is 0.327 e. The van der Waals surface area contributed by atoms with Crippen LogP contribution < -0.4 is 5.73 Å². The fourth-order valence-corrected chi connectivity index (χ4v) is 3.49. The van der Waals surface area contributed by atoms with Crippen LogP contribution >= 0.6 is 0 Å². The number of hydrogen-bond donors (Lipinski definition) is 1. The maximum atomic E-state index is 6.29. The van der Waals surface area contributed by atoms with Crippen molar-refractivity contribution in [1.82, 2.24) is 0 Å². The number of rotatable bonds is 12. The topological polar surface area (TPSA) is 26.0 Å². The Labute approximate surface area is 121 Å². The minimum absolute atomic E-state index is 0.511. The molecule has 19 heavy (non-hydrogen) atoms. The summed E-state index contributed by atoms with van der Waals surface area (Å²) >= 11 is 0. The van der Waals surface area contributed by atoms with Gasteiger partial charge in [-0.15, -0.1) is 0 Å². The first-order valence-electron chi connectivity index (χ1n) is 9.10. The molecule has 0 aromatic carbocycles. The first kappa shape index (κ1) is 17.0. The van der Waals surface area contributed by atoms with Gasteiger partial charge < -0.3 is 5.73 Å². The highest BCUT2D eigenvalue weighted by atomic mass is 14.6. The predicted octanol–water partition coefficient (Wildman–Crippen LogP) is 5.81. The average Bonchev–Trinajstić information content (AvgIpc) is 2.95. The normalized spacial score (nSPS) is 18.0. The molecule has 2 N–H and O–H groups in total. The second-order valence-corrected chi connectivity index (χ2v) is 6.68. The standard InChI is InChI=1S/C18H37N/c1-2-3-4-5-6-7-8-9-10-11-16-18(19)17-14-12-13-15-17/h17-18H,2-16,19H2,1H3. The van der Waals surface area contributed by atoms with E-state index in [2.05, 4.69) is 6.92 Å². The van der Waals surface area contributed by atoms with Crippen molar-refractivity contribution >= 4 is 0 Å². The van der Waals surface area contributed by atoms with Crippen LogP contribution in [0.2, 0.25) is 0 Å². The highest BCUT2D eigenvalue weighted by Crippen LogP contribution is 2.28. The fraction of sp³-hybridized carbons (Fsp3) is 1.00. The van der Waals surface area contributed by atoms with E-state index in [1.54, 1.807) is 0 Å². The van der Waals surface area contributed by atoms with Crippen molar-refractivity contribution in [3.8, 4) is 0 Å². The molecule has 0 heterocycles. The lowest BCUT2D eigenvalue weighted by molar-refractivity contribution is 0.394. The Morgan fingerprint density at radius 1 is 0.789 bits per heavy atom. The molecule has 1 fully saturated rings. The summed E-state index contributed by atoms with van der Waals surface area (Å²) in [5, 5.41) is 0. The molecular formula is C18H37N. The van der Waals surface area contributed by atoms with Crippen molar-refractivity contribution in [2.75, 3.05) is 0 Å². The van der Waals surface area contributed by atoms with Crippen molar-refractivity contribution < 1.29 is 0 Å². The van der Waals surface area contributed by atoms with E-state index in [9.17, 15) is 0 Å². The van der Waals surface area contributed by atoms with Gasteiger partial charge in [0, 0.05) is 6.04 Å². The third-order valence-corrected chi connectivity index (χ3v) is 4.90. The third-order valence-electron chi connectivity index (χ3n) is 4.90. The zero-order valence-corrected chi connectivity index (χ0v) is 13.3. The second-order valence-electron chi connectivity index (χ2n) is 6.68. The van der Waals surface area contributed by atoms with Crippen LogP contribution in [0.5, 0.6) is 0 Å². The van der Waals surface area contributed by atoms with Crippen LogP contribution in [-0.2, 0) is 0 Å². The molecule has 1 aliphatic rings. The Balaban J connectivity index is 1.78. The van der Waals surface area contributed by atoms with Gasteiger partial charge in [0.15, 0.2) is 0 Å². The summed E-state index contributed by atoms with van der Waals surface area (Å²) in [5.74, 6) is 0.860. The quantitative estimate of drug-likeness (QED) is 0.443. The molecule has 0 aromatic heterocycles. The van der Waals surface area contributed by atoms with Gasteiger partial charge >= 0.3 is 0 Å². The van der Waals surface area contributed by atoms with Gasteiger partial charge in [-0.3, -0.25) is 0 Å². The highest BCUT2D eigenvalue weighted by Gasteiger charge is 2.21. The zero-order valence-electron chi connectivity index (χ0n) is 13.3. The summed E-state index contributed by atoms with van der Waals surface area (Å²) in [7, 11) is 0. The van der Waals surface area contributed by atoms with Gasteiger partial charge in [0.2, 0.25) is 0 Å². The Bertz CT molecular complexity index is 184. The summed E-state index contributed by atoms with van der Waals surface area (Å²) in [6.45, 7) is 2.29. The Morgan fingerprint density at radius 2 is 1.26 bits per heavy atom. The summed E-state index contributed by atoms with van der Waals surface area (Å²) in [6, 6.07) is 0.511. The zero-order chi connectivity index (χ0) is 13.8. The molecule has 1 heteroatoms. The van der Waals surface area contributed by atoms with Gasteiger partial charge in [-0.2, -0.15) is 0 Å². The summed E-state index contributed by atoms with van der Waals surface area (Å²) in [6.07, 6.45) is 21.2. The van der Waals surface area contributed by atoms with Crippen LogP contribution in [0.4, 0.5) is 0 Å². The highest BCUT2D eigenvalue weighted by molar-refractivity contribution is 4.77. The van der Waals surface area contributed by atoms with E-state index in [1.165, 1.54) is 96.3 Å². The smallest absolute Gasteiger partial charge is 0.00671 e. The minimum atomic E-state index is 0.511. The molecule has 0 radical (unpaired) electrons. The Morgan fingerprint density at radius 3 is 1.79 bits per heavy atom. The molecule has 0 spiro atoms. The third kappa shape index (κ3) is 8.68. The van der Waals surface area contributed by atoms with E-state index in [0.29, 0.717) is 6.04 Å². The van der Waals surface area contributed by atoms with E-state index >= 15 is 0 Å². The minimum Gasteiger partial charge on any atom is -0.327 e. The first-order chi connectivity index (χ1) is 9.34. The molecule has 1 saturated carbocycles. The van der Waals surface area contributed by atoms with Crippen molar-refractivity contribution in [3.05, 3.63) is 0 Å². The van der Waals surface area contributed by atoms with Gasteiger partial charge in [0.05, 0.1) is 0 Å². The fourth-order valence-electron chi connectivity index (χ4n) is 3.49. The van der Waals surface area contributed by atoms with Crippen molar-refractivity contribution in [3.63, 3.8) is 0 Å². The first-order valence-corrected chi connectivity index (χ1v) is 9.10. The second kappa shape index (κ2) is 11.8. The van der Waals surface area contributed by atoms with E-state index in [0.717, 1.165) is 5.92 Å². The van der Waals surface area contributed by atoms with Crippen LogP contribution in [0.25, 0.3) is 0 Å². The molecule has 1 unspecified atom stereocenters. The van der Waals surface area contributed by atoms with E-state index < -0.39 is 0 Å². The number of unbranched alkanes of at least 4 members (excludes halogenated alkanes) is 9. The van der Waals surface area contributed by atoms with Crippen LogP contribution in [0.3, 0.4) is 0 Å². The maximum absolute atomic E-state index is 6.29. The molecular weight excluding hydrogens is 230 g/mol. The molecule has 1 atom stereocenters. The van der Waals surface area contributed by atoms with Crippen LogP contribution in [0.1, 0.15) is 103 Å². The molecule has 0 saturated heterocycles. The van der Waals surface area contributed by atoms with Gasteiger partial charge in [-0.1, -0.05) is 84.0 Å². The molecule has 1 aliphatic carbocycles. The van der Waals surface area contributed by atoms with Crippen LogP contribution in [-0.4, -0.2) is 6.04 Å². The van der Waals surface area contributed by atoms with Gasteiger partial charge in [0.1, 0.15) is 0 Å². The van der Waals surface area contributed by atoms with E-state index in [1.807, 2.05) is 0 Å². The monoisotopic (exact) mass is 267 g/mol. The Hall–Kier alpha value is -0.0400. The van der Waals surface area contributed by atoms with Gasteiger partial charge in [0.25, 0.3) is 0 Å². The predicted molar refractivity (Wildman–Crippen MR) is 86.4 cm³/mol. The maximum Gasteiger partial charge on any atom is 0.00671 e. The molecule has 1 rings (SSSR count). The van der Waals surface area contributed by atoms with Crippen molar-refractivity contribution in [2.24, 2.45) is 11.7 Å². The summed E-state index contributed by atoms with van der Waals surface area (Å²) in [4.78, 5) is 0. The summed E-state index contributed by atoms with van der Waals surface area (Å²) in [5.41, 5.74) is 6.29. The molecule has 0 amide bonds. The molecule has 114 valence electrons. The van der Waals surface area contributed by atoms with Crippen LogP contribution in [0.15, 0.2) is 0 Å². The molecule has 1 nitrogen and oxygen atoms in total. The van der Waals surface area contributed by atoms with E-state index in [4.69, 9.17) is 5.73 Å². The molecule has 0 bridgehead atoms. The SMILES string of the molecule is CCCCCCCCCCCCC(N)C1CCCC1. The lowest BCUT2D eigenvalue weighted by Crippen LogP contribution is -2.28. The number of nitrogens with two attached hydrogens (primary N) is 1. The lowest BCUT2D eigenvalue weighted by Gasteiger charge is -2.18. The lowest BCUT2D eigenvalue weighted by atomic mass is 9.94.